The van der Waals surface area contributed by atoms with Crippen molar-refractivity contribution in [1.82, 2.24) is 5.32 Å². The quantitative estimate of drug-likeness (QED) is 0.840. The van der Waals surface area contributed by atoms with Gasteiger partial charge in [0.1, 0.15) is 0 Å². The molecular formula is C21H32BNO3. The summed E-state index contributed by atoms with van der Waals surface area (Å²) >= 11 is 0. The molecule has 1 aromatic rings. The van der Waals surface area contributed by atoms with Crippen molar-refractivity contribution >= 4 is 18.5 Å². The van der Waals surface area contributed by atoms with E-state index in [2.05, 4.69) is 58.1 Å². The van der Waals surface area contributed by atoms with Gasteiger partial charge >= 0.3 is 7.12 Å². The molecule has 1 aliphatic heterocycles. The number of carbonyl (C=O) groups is 1. The maximum Gasteiger partial charge on any atom is 0.495 e. The van der Waals surface area contributed by atoms with Gasteiger partial charge in [-0.2, -0.15) is 0 Å². The third-order valence-corrected chi connectivity index (χ3v) is 6.28. The first-order valence-corrected chi connectivity index (χ1v) is 9.92. The maximum atomic E-state index is 12.3. The predicted molar refractivity (Wildman–Crippen MR) is 105 cm³/mol. The van der Waals surface area contributed by atoms with E-state index in [1.165, 1.54) is 19.3 Å². The Kier molecular flexibility index (Phi) is 5.50. The topological polar surface area (TPSA) is 47.6 Å². The predicted octanol–water partition coefficient (Wildman–Crippen LogP) is 3.49. The van der Waals surface area contributed by atoms with Crippen LogP contribution < -0.4 is 10.8 Å². The summed E-state index contributed by atoms with van der Waals surface area (Å²) in [5, 5.41) is 3.11. The number of nitrogens with one attached hydrogen (secondary N) is 1. The second-order valence-corrected chi connectivity index (χ2v) is 8.83. The van der Waals surface area contributed by atoms with Crippen molar-refractivity contribution < 1.29 is 14.1 Å². The third kappa shape index (κ3) is 3.99. The first-order valence-electron chi connectivity index (χ1n) is 9.92. The highest BCUT2D eigenvalue weighted by Crippen LogP contribution is 2.36. The van der Waals surface area contributed by atoms with Crippen LogP contribution in [0.15, 0.2) is 18.2 Å². The van der Waals surface area contributed by atoms with Crippen LogP contribution >= 0.6 is 0 Å². The fraction of sp³-hybridized carbons (Fsp3) is 0.667. The summed E-state index contributed by atoms with van der Waals surface area (Å²) in [6, 6.07) is 6.26. The zero-order valence-corrected chi connectivity index (χ0v) is 16.9. The Morgan fingerprint density at radius 1 is 1.12 bits per heavy atom. The molecule has 2 aliphatic rings. The van der Waals surface area contributed by atoms with Crippen LogP contribution in [-0.4, -0.2) is 24.2 Å². The van der Waals surface area contributed by atoms with E-state index in [4.69, 9.17) is 9.31 Å². The van der Waals surface area contributed by atoms with Crippen molar-refractivity contribution in [3.63, 3.8) is 0 Å². The van der Waals surface area contributed by atoms with Crippen LogP contribution in [0.2, 0.25) is 0 Å². The van der Waals surface area contributed by atoms with Crippen molar-refractivity contribution in [1.29, 1.82) is 0 Å². The number of aryl methyl sites for hydroxylation is 1. The van der Waals surface area contributed by atoms with E-state index in [1.807, 2.05) is 0 Å². The second-order valence-electron chi connectivity index (χ2n) is 8.83. The number of benzene rings is 1. The zero-order chi connectivity index (χ0) is 18.9. The second kappa shape index (κ2) is 7.36. The highest BCUT2D eigenvalue weighted by Gasteiger charge is 2.52. The monoisotopic (exact) mass is 357 g/mol. The Labute approximate surface area is 158 Å². The Morgan fingerprint density at radius 3 is 2.31 bits per heavy atom. The van der Waals surface area contributed by atoms with Crippen LogP contribution in [0.5, 0.6) is 0 Å². The lowest BCUT2D eigenvalue weighted by Gasteiger charge is -2.32. The molecule has 1 heterocycles. The lowest BCUT2D eigenvalue weighted by Crippen LogP contribution is -2.41. The molecule has 0 radical (unpaired) electrons. The standard InChI is InChI=1S/C21H32BNO3/c1-15-13-16(14-23-19(24)17-9-7-6-8-10-17)11-12-18(15)22-25-20(2,3)21(4,5)26-22/h11-13,17H,6-10,14H2,1-5H3,(H,23,24). The summed E-state index contributed by atoms with van der Waals surface area (Å²) in [7, 11) is -0.342. The SMILES string of the molecule is Cc1cc(CNC(=O)C2CCCCC2)ccc1B1OC(C)(C)C(C)(C)O1. The minimum absolute atomic E-state index is 0.203. The van der Waals surface area contributed by atoms with Crippen LogP contribution in [-0.2, 0) is 20.6 Å². The minimum Gasteiger partial charge on any atom is -0.399 e. The number of carbonyl (C=O) groups excluding carboxylic acids is 1. The van der Waals surface area contributed by atoms with E-state index in [-0.39, 0.29) is 30.1 Å². The van der Waals surface area contributed by atoms with Gasteiger partial charge in [0, 0.05) is 12.5 Å². The van der Waals surface area contributed by atoms with Gasteiger partial charge in [-0.25, -0.2) is 0 Å². The van der Waals surface area contributed by atoms with Gasteiger partial charge in [-0.3, -0.25) is 4.79 Å². The van der Waals surface area contributed by atoms with Gasteiger partial charge in [-0.05, 0) is 58.5 Å². The molecular weight excluding hydrogens is 325 g/mol. The lowest BCUT2D eigenvalue weighted by atomic mass is 9.76. The first-order chi connectivity index (χ1) is 12.2. The normalized spacial score (nSPS) is 22.4. The van der Waals surface area contributed by atoms with Gasteiger partial charge in [-0.15, -0.1) is 0 Å². The van der Waals surface area contributed by atoms with Gasteiger partial charge in [0.2, 0.25) is 5.91 Å². The van der Waals surface area contributed by atoms with E-state index in [9.17, 15) is 4.79 Å². The molecule has 26 heavy (non-hydrogen) atoms. The summed E-state index contributed by atoms with van der Waals surface area (Å²) in [6.45, 7) is 10.9. The third-order valence-electron chi connectivity index (χ3n) is 6.28. The fourth-order valence-electron chi connectivity index (χ4n) is 3.78. The molecule has 1 aliphatic carbocycles. The molecule has 1 amide bonds. The van der Waals surface area contributed by atoms with E-state index in [0.29, 0.717) is 6.54 Å². The molecule has 5 heteroatoms. The molecule has 0 bridgehead atoms. The molecule has 2 fully saturated rings. The van der Waals surface area contributed by atoms with Crippen LogP contribution in [0.25, 0.3) is 0 Å². The van der Waals surface area contributed by atoms with Crippen LogP contribution in [0.1, 0.15) is 70.9 Å². The molecule has 1 aromatic carbocycles. The molecule has 142 valence electrons. The zero-order valence-electron chi connectivity index (χ0n) is 16.9. The average Bonchev–Trinajstić information content (AvgIpc) is 2.81. The van der Waals surface area contributed by atoms with Gasteiger partial charge < -0.3 is 14.6 Å². The number of hydrogen-bond donors (Lipinski definition) is 1. The van der Waals surface area contributed by atoms with Gasteiger partial charge in [0.05, 0.1) is 11.2 Å². The van der Waals surface area contributed by atoms with Gasteiger partial charge in [-0.1, -0.05) is 43.0 Å². The molecule has 0 spiro atoms. The molecule has 4 nitrogen and oxygen atoms in total. The Hall–Kier alpha value is -1.33. The van der Waals surface area contributed by atoms with E-state index >= 15 is 0 Å². The highest BCUT2D eigenvalue weighted by atomic mass is 16.7. The Morgan fingerprint density at radius 2 is 1.73 bits per heavy atom. The highest BCUT2D eigenvalue weighted by molar-refractivity contribution is 6.62. The fourth-order valence-corrected chi connectivity index (χ4v) is 3.78. The molecule has 1 saturated heterocycles. The summed E-state index contributed by atoms with van der Waals surface area (Å²) in [4.78, 5) is 12.3. The van der Waals surface area contributed by atoms with Gasteiger partial charge in [0.25, 0.3) is 0 Å². The summed E-state index contributed by atoms with van der Waals surface area (Å²) < 4.78 is 12.3. The smallest absolute Gasteiger partial charge is 0.399 e. The van der Waals surface area contributed by atoms with Crippen molar-refractivity contribution in [2.75, 3.05) is 0 Å². The average molecular weight is 357 g/mol. The summed E-state index contributed by atoms with van der Waals surface area (Å²) in [6.07, 6.45) is 5.70. The van der Waals surface area contributed by atoms with Crippen LogP contribution in [0.3, 0.4) is 0 Å². The largest absolute Gasteiger partial charge is 0.495 e. The van der Waals surface area contributed by atoms with Crippen molar-refractivity contribution in [3.05, 3.63) is 29.3 Å². The molecule has 1 N–H and O–H groups in total. The van der Waals surface area contributed by atoms with E-state index in [0.717, 1.165) is 29.4 Å². The Bertz CT molecular complexity index is 649. The molecule has 3 rings (SSSR count). The molecule has 0 unspecified atom stereocenters. The van der Waals surface area contributed by atoms with E-state index < -0.39 is 0 Å². The summed E-state index contributed by atoms with van der Waals surface area (Å²) in [5.41, 5.74) is 2.64. The van der Waals surface area contributed by atoms with E-state index in [1.54, 1.807) is 0 Å². The maximum absolute atomic E-state index is 12.3. The molecule has 0 atom stereocenters. The lowest BCUT2D eigenvalue weighted by molar-refractivity contribution is -0.126. The Balaban J connectivity index is 1.62. The van der Waals surface area contributed by atoms with Crippen LogP contribution in [0, 0.1) is 12.8 Å². The number of rotatable bonds is 4. The number of hydrogen-bond acceptors (Lipinski definition) is 3. The molecule has 1 saturated carbocycles. The number of amides is 1. The van der Waals surface area contributed by atoms with Crippen molar-refractivity contribution in [2.45, 2.75) is 84.5 Å². The van der Waals surface area contributed by atoms with Crippen molar-refractivity contribution in [3.8, 4) is 0 Å². The summed E-state index contributed by atoms with van der Waals surface area (Å²) in [5.74, 6) is 0.409. The van der Waals surface area contributed by atoms with Crippen molar-refractivity contribution in [2.24, 2.45) is 5.92 Å². The minimum atomic E-state index is -0.342. The molecule has 0 aromatic heterocycles. The van der Waals surface area contributed by atoms with Crippen LogP contribution in [0.4, 0.5) is 0 Å². The first kappa shape index (κ1) is 19.4. The van der Waals surface area contributed by atoms with Gasteiger partial charge in [0.15, 0.2) is 0 Å².